The highest BCUT2D eigenvalue weighted by molar-refractivity contribution is 6.31. The summed E-state index contributed by atoms with van der Waals surface area (Å²) >= 11 is 6.20. The molecule has 4 rings (SSSR count). The summed E-state index contributed by atoms with van der Waals surface area (Å²) in [6, 6.07) is 12.5. The molecule has 0 bridgehead atoms. The molecule has 1 atom stereocenters. The summed E-state index contributed by atoms with van der Waals surface area (Å²) in [5.41, 5.74) is 2.27. The van der Waals surface area contributed by atoms with E-state index in [9.17, 15) is 4.79 Å². The molecule has 1 fully saturated rings. The fourth-order valence-electron chi connectivity index (χ4n) is 3.52. The number of amides is 1. The fourth-order valence-corrected chi connectivity index (χ4v) is 3.69. The van der Waals surface area contributed by atoms with Crippen molar-refractivity contribution in [2.75, 3.05) is 13.7 Å². The van der Waals surface area contributed by atoms with E-state index >= 15 is 0 Å². The lowest BCUT2D eigenvalue weighted by Gasteiger charge is -2.22. The average molecular weight is 398 g/mol. The van der Waals surface area contributed by atoms with E-state index in [0.29, 0.717) is 34.6 Å². The first kappa shape index (κ1) is 18.5. The minimum Gasteiger partial charge on any atom is -0.497 e. The van der Waals surface area contributed by atoms with Gasteiger partial charge in [-0.05, 0) is 55.7 Å². The summed E-state index contributed by atoms with van der Waals surface area (Å²) in [6.45, 7) is 2.57. The van der Waals surface area contributed by atoms with Gasteiger partial charge in [0, 0.05) is 22.7 Å². The van der Waals surface area contributed by atoms with E-state index in [-0.39, 0.29) is 11.9 Å². The van der Waals surface area contributed by atoms with Crippen LogP contribution in [0.2, 0.25) is 5.02 Å². The normalized spacial score (nSPS) is 16.4. The molecule has 144 valence electrons. The Hall–Kier alpha value is -2.86. The fraction of sp³-hybridized carbons (Fsp3) is 0.286. The van der Waals surface area contributed by atoms with Gasteiger partial charge in [0.15, 0.2) is 5.82 Å². The summed E-state index contributed by atoms with van der Waals surface area (Å²) in [5.74, 6) is 1.52. The molecule has 2 heterocycles. The highest BCUT2D eigenvalue weighted by Gasteiger charge is 2.34. The van der Waals surface area contributed by atoms with Crippen LogP contribution in [-0.4, -0.2) is 34.6 Å². The first-order valence-electron chi connectivity index (χ1n) is 9.12. The van der Waals surface area contributed by atoms with Crippen molar-refractivity contribution in [2.24, 2.45) is 0 Å². The Labute approximate surface area is 168 Å². The maximum Gasteiger partial charge on any atom is 0.258 e. The van der Waals surface area contributed by atoms with E-state index in [1.807, 2.05) is 37.3 Å². The maximum atomic E-state index is 13.0. The van der Waals surface area contributed by atoms with Crippen molar-refractivity contribution >= 4 is 17.5 Å². The van der Waals surface area contributed by atoms with Gasteiger partial charge < -0.3 is 14.2 Å². The smallest absolute Gasteiger partial charge is 0.258 e. The lowest BCUT2D eigenvalue weighted by molar-refractivity contribution is 0.0728. The third kappa shape index (κ3) is 3.36. The van der Waals surface area contributed by atoms with Crippen molar-refractivity contribution in [3.05, 3.63) is 64.4 Å². The third-order valence-electron chi connectivity index (χ3n) is 5.07. The molecule has 1 aliphatic heterocycles. The van der Waals surface area contributed by atoms with Crippen LogP contribution < -0.4 is 4.74 Å². The lowest BCUT2D eigenvalue weighted by Crippen LogP contribution is -2.31. The number of benzene rings is 2. The van der Waals surface area contributed by atoms with E-state index in [1.54, 1.807) is 24.1 Å². The Balaban J connectivity index is 1.61. The van der Waals surface area contributed by atoms with Gasteiger partial charge in [0.05, 0.1) is 13.2 Å². The molecule has 1 aromatic heterocycles. The van der Waals surface area contributed by atoms with Crippen LogP contribution >= 0.6 is 11.6 Å². The second kappa shape index (κ2) is 7.64. The molecule has 7 heteroatoms. The monoisotopic (exact) mass is 397 g/mol. The van der Waals surface area contributed by atoms with E-state index < -0.39 is 0 Å². The molecule has 0 spiro atoms. The van der Waals surface area contributed by atoms with E-state index in [0.717, 1.165) is 24.0 Å². The van der Waals surface area contributed by atoms with Gasteiger partial charge in [-0.15, -0.1) is 0 Å². The summed E-state index contributed by atoms with van der Waals surface area (Å²) in [7, 11) is 1.58. The largest absolute Gasteiger partial charge is 0.497 e. The van der Waals surface area contributed by atoms with Crippen molar-refractivity contribution in [1.82, 2.24) is 15.0 Å². The minimum absolute atomic E-state index is 0.0633. The predicted octanol–water partition coefficient (Wildman–Crippen LogP) is 4.68. The Kier molecular flexibility index (Phi) is 5.05. The maximum absolute atomic E-state index is 13.0. The van der Waals surface area contributed by atoms with Crippen LogP contribution in [-0.2, 0) is 0 Å². The van der Waals surface area contributed by atoms with E-state index in [4.69, 9.17) is 20.9 Å². The van der Waals surface area contributed by atoms with Crippen LogP contribution in [0.5, 0.6) is 5.75 Å². The Morgan fingerprint density at radius 3 is 2.93 bits per heavy atom. The number of hydrogen-bond acceptors (Lipinski definition) is 5. The minimum atomic E-state index is -0.212. The third-order valence-corrected chi connectivity index (χ3v) is 5.48. The Morgan fingerprint density at radius 1 is 1.29 bits per heavy atom. The molecular formula is C21H20ClN3O3. The number of nitrogens with zero attached hydrogens (tertiary/aromatic N) is 3. The number of hydrogen-bond donors (Lipinski definition) is 0. The van der Waals surface area contributed by atoms with Crippen LogP contribution in [0.4, 0.5) is 0 Å². The quantitative estimate of drug-likeness (QED) is 0.639. The molecule has 1 amide bonds. The van der Waals surface area contributed by atoms with Crippen LogP contribution in [0.15, 0.2) is 47.0 Å². The topological polar surface area (TPSA) is 68.5 Å². The van der Waals surface area contributed by atoms with Gasteiger partial charge in [-0.1, -0.05) is 28.9 Å². The van der Waals surface area contributed by atoms with E-state index in [2.05, 4.69) is 10.1 Å². The van der Waals surface area contributed by atoms with Crippen molar-refractivity contribution in [2.45, 2.75) is 25.8 Å². The number of ether oxygens (including phenoxy) is 1. The molecular weight excluding hydrogens is 378 g/mol. The molecule has 3 aromatic rings. The van der Waals surface area contributed by atoms with Gasteiger partial charge in [0.2, 0.25) is 0 Å². The predicted molar refractivity (Wildman–Crippen MR) is 105 cm³/mol. The summed E-state index contributed by atoms with van der Waals surface area (Å²) in [5, 5.41) is 4.80. The number of methoxy groups -OCH3 is 1. The van der Waals surface area contributed by atoms with Gasteiger partial charge in [-0.2, -0.15) is 4.98 Å². The molecule has 1 unspecified atom stereocenters. The summed E-state index contributed by atoms with van der Waals surface area (Å²) in [6.07, 6.45) is 1.68. The lowest BCUT2D eigenvalue weighted by atomic mass is 10.1. The SMILES string of the molecule is COc1cccc(C(=O)N2CCCC2c2noc(-c3cccc(Cl)c3C)n2)c1. The zero-order chi connectivity index (χ0) is 19.7. The molecule has 28 heavy (non-hydrogen) atoms. The highest BCUT2D eigenvalue weighted by atomic mass is 35.5. The highest BCUT2D eigenvalue weighted by Crippen LogP contribution is 2.34. The number of carbonyl (C=O) groups is 1. The van der Waals surface area contributed by atoms with Gasteiger partial charge in [-0.25, -0.2) is 0 Å². The molecule has 0 radical (unpaired) electrons. The van der Waals surface area contributed by atoms with Crippen molar-refractivity contribution in [1.29, 1.82) is 0 Å². The van der Waals surface area contributed by atoms with Gasteiger partial charge in [0.25, 0.3) is 11.8 Å². The number of halogens is 1. The molecule has 0 N–H and O–H groups in total. The summed E-state index contributed by atoms with van der Waals surface area (Å²) < 4.78 is 10.7. The zero-order valence-corrected chi connectivity index (χ0v) is 16.4. The average Bonchev–Trinajstić information content (AvgIpc) is 3.39. The first-order chi connectivity index (χ1) is 13.6. The second-order valence-electron chi connectivity index (χ2n) is 6.76. The summed E-state index contributed by atoms with van der Waals surface area (Å²) in [4.78, 5) is 19.4. The van der Waals surface area contributed by atoms with Crippen molar-refractivity contribution < 1.29 is 14.1 Å². The molecule has 1 aliphatic rings. The van der Waals surface area contributed by atoms with Gasteiger partial charge in [0.1, 0.15) is 5.75 Å². The molecule has 2 aromatic carbocycles. The Bertz CT molecular complexity index is 1020. The first-order valence-corrected chi connectivity index (χ1v) is 9.50. The molecule has 1 saturated heterocycles. The van der Waals surface area contributed by atoms with Crippen molar-refractivity contribution in [3.63, 3.8) is 0 Å². The molecule has 0 aliphatic carbocycles. The number of carbonyl (C=O) groups excluding carboxylic acids is 1. The second-order valence-corrected chi connectivity index (χ2v) is 7.17. The van der Waals surface area contributed by atoms with Crippen LogP contribution in [0.3, 0.4) is 0 Å². The van der Waals surface area contributed by atoms with Crippen LogP contribution in [0.25, 0.3) is 11.5 Å². The number of likely N-dealkylation sites (tertiary alicyclic amines) is 1. The molecule has 0 saturated carbocycles. The van der Waals surface area contributed by atoms with Gasteiger partial charge in [-0.3, -0.25) is 4.79 Å². The number of rotatable bonds is 4. The van der Waals surface area contributed by atoms with Crippen LogP contribution in [0.1, 0.15) is 40.6 Å². The van der Waals surface area contributed by atoms with E-state index in [1.165, 1.54) is 0 Å². The van der Waals surface area contributed by atoms with Crippen molar-refractivity contribution in [3.8, 4) is 17.2 Å². The zero-order valence-electron chi connectivity index (χ0n) is 15.7. The van der Waals surface area contributed by atoms with Crippen LogP contribution in [0, 0.1) is 6.92 Å². The standard InChI is InChI=1S/C21H20ClN3O3/c1-13-16(8-4-9-17(13)22)20-23-19(24-28-20)18-10-5-11-25(18)21(26)14-6-3-7-15(12-14)27-2/h3-4,6-9,12,18H,5,10-11H2,1-2H3. The molecule has 6 nitrogen and oxygen atoms in total. The number of aromatic nitrogens is 2. The van der Waals surface area contributed by atoms with Gasteiger partial charge >= 0.3 is 0 Å². The Morgan fingerprint density at radius 2 is 2.11 bits per heavy atom.